The lowest BCUT2D eigenvalue weighted by Crippen LogP contribution is -2.48. The second kappa shape index (κ2) is 5.98. The van der Waals surface area contributed by atoms with Gasteiger partial charge in [-0.3, -0.25) is 4.90 Å². The average molecular weight is 284 g/mol. The monoisotopic (exact) mass is 284 g/mol. The smallest absolute Gasteiger partial charge is 0.407 e. The molecule has 1 heterocycles. The van der Waals surface area contributed by atoms with E-state index in [1.807, 2.05) is 0 Å². The second-order valence-electron chi connectivity index (χ2n) is 5.81. The van der Waals surface area contributed by atoms with E-state index in [4.69, 9.17) is 4.74 Å². The van der Waals surface area contributed by atoms with Gasteiger partial charge in [-0.2, -0.15) is 13.2 Å². The molecule has 0 aromatic rings. The summed E-state index contributed by atoms with van der Waals surface area (Å²) in [7, 11) is 0. The van der Waals surface area contributed by atoms with Gasteiger partial charge in [-0.05, 0) is 33.6 Å². The van der Waals surface area contributed by atoms with Crippen LogP contribution in [0.2, 0.25) is 0 Å². The molecule has 0 atom stereocenters. The standard InChI is InChI=1S/C12H21F3N2O2.H2/c1-11(2,3)19-10(18)16-9-4-6-17(7-5-9)8-12(13,14)15;/h9H,4-8H2,1-3H3,(H,16,18);1H. The Kier molecular flexibility index (Phi) is 5.06. The lowest BCUT2D eigenvalue weighted by Gasteiger charge is -2.33. The van der Waals surface area contributed by atoms with Crippen molar-refractivity contribution < 1.29 is 24.1 Å². The lowest BCUT2D eigenvalue weighted by molar-refractivity contribution is -0.148. The summed E-state index contributed by atoms with van der Waals surface area (Å²) in [4.78, 5) is 12.9. The van der Waals surface area contributed by atoms with Crippen LogP contribution >= 0.6 is 0 Å². The first-order valence-electron chi connectivity index (χ1n) is 6.34. The zero-order valence-corrected chi connectivity index (χ0v) is 11.5. The molecule has 0 aromatic carbocycles. The van der Waals surface area contributed by atoms with Crippen molar-refractivity contribution in [3.05, 3.63) is 0 Å². The molecular weight excluding hydrogens is 261 g/mol. The van der Waals surface area contributed by atoms with Crippen LogP contribution < -0.4 is 5.32 Å². The van der Waals surface area contributed by atoms with Crippen molar-refractivity contribution in [3.63, 3.8) is 0 Å². The lowest BCUT2D eigenvalue weighted by atomic mass is 10.1. The summed E-state index contributed by atoms with van der Waals surface area (Å²) in [6.07, 6.45) is -3.66. The van der Waals surface area contributed by atoms with E-state index in [2.05, 4.69) is 5.32 Å². The quantitative estimate of drug-likeness (QED) is 0.847. The van der Waals surface area contributed by atoms with E-state index < -0.39 is 24.4 Å². The highest BCUT2D eigenvalue weighted by Crippen LogP contribution is 2.20. The Morgan fingerprint density at radius 1 is 1.32 bits per heavy atom. The minimum Gasteiger partial charge on any atom is -0.444 e. The average Bonchev–Trinajstić information content (AvgIpc) is 2.15. The fourth-order valence-corrected chi connectivity index (χ4v) is 1.96. The molecule has 1 fully saturated rings. The Labute approximate surface area is 112 Å². The number of piperidine rings is 1. The van der Waals surface area contributed by atoms with Gasteiger partial charge in [0.25, 0.3) is 0 Å². The van der Waals surface area contributed by atoms with Gasteiger partial charge in [0.05, 0.1) is 6.54 Å². The number of halogens is 3. The molecule has 7 heteroatoms. The fraction of sp³-hybridized carbons (Fsp3) is 0.917. The largest absolute Gasteiger partial charge is 0.444 e. The van der Waals surface area contributed by atoms with Crippen LogP contribution in [0.25, 0.3) is 0 Å². The van der Waals surface area contributed by atoms with E-state index in [1.165, 1.54) is 4.90 Å². The Balaban J connectivity index is 0.00000361. The zero-order chi connectivity index (χ0) is 14.7. The van der Waals surface area contributed by atoms with Crippen LogP contribution in [0.15, 0.2) is 0 Å². The summed E-state index contributed by atoms with van der Waals surface area (Å²) in [6.45, 7) is 5.07. The first-order valence-corrected chi connectivity index (χ1v) is 6.34. The predicted octanol–water partition coefficient (Wildman–Crippen LogP) is 2.78. The number of hydrogen-bond donors (Lipinski definition) is 1. The van der Waals surface area contributed by atoms with Crippen molar-refractivity contribution in [2.45, 2.75) is 51.4 Å². The first kappa shape index (κ1) is 16.1. The molecule has 1 aliphatic rings. The maximum absolute atomic E-state index is 12.2. The van der Waals surface area contributed by atoms with E-state index in [-0.39, 0.29) is 7.47 Å². The molecule has 1 N–H and O–H groups in total. The minimum atomic E-state index is -4.16. The number of likely N-dealkylation sites (tertiary alicyclic amines) is 1. The van der Waals surface area contributed by atoms with Gasteiger partial charge in [0.1, 0.15) is 5.60 Å². The molecule has 1 aliphatic heterocycles. The van der Waals surface area contributed by atoms with Crippen LogP contribution in [0.5, 0.6) is 0 Å². The molecule has 1 amide bonds. The van der Waals surface area contributed by atoms with Gasteiger partial charge in [0.2, 0.25) is 0 Å². The molecular formula is C12H23F3N2O2. The van der Waals surface area contributed by atoms with Gasteiger partial charge in [0, 0.05) is 20.6 Å². The van der Waals surface area contributed by atoms with E-state index in [0.29, 0.717) is 25.9 Å². The fourth-order valence-electron chi connectivity index (χ4n) is 1.96. The van der Waals surface area contributed by atoms with Gasteiger partial charge < -0.3 is 10.1 Å². The summed E-state index contributed by atoms with van der Waals surface area (Å²) < 4.78 is 41.7. The van der Waals surface area contributed by atoms with Crippen molar-refractivity contribution in [1.82, 2.24) is 10.2 Å². The molecule has 19 heavy (non-hydrogen) atoms. The van der Waals surface area contributed by atoms with Crippen LogP contribution in [-0.4, -0.2) is 48.4 Å². The number of carbonyl (C=O) groups is 1. The molecule has 0 bridgehead atoms. The number of hydrogen-bond acceptors (Lipinski definition) is 3. The molecule has 1 rings (SSSR count). The van der Waals surface area contributed by atoms with Gasteiger partial charge in [-0.15, -0.1) is 0 Å². The molecule has 0 unspecified atom stereocenters. The van der Waals surface area contributed by atoms with Crippen LogP contribution in [0.3, 0.4) is 0 Å². The van der Waals surface area contributed by atoms with Crippen LogP contribution in [-0.2, 0) is 4.74 Å². The summed E-state index contributed by atoms with van der Waals surface area (Å²) in [5, 5.41) is 2.69. The van der Waals surface area contributed by atoms with Gasteiger partial charge in [-0.1, -0.05) is 0 Å². The number of amides is 1. The number of nitrogens with zero attached hydrogens (tertiary/aromatic N) is 1. The third-order valence-electron chi connectivity index (χ3n) is 2.71. The molecule has 0 spiro atoms. The highest BCUT2D eigenvalue weighted by molar-refractivity contribution is 5.68. The van der Waals surface area contributed by atoms with Crippen molar-refractivity contribution in [2.75, 3.05) is 19.6 Å². The van der Waals surface area contributed by atoms with Crippen LogP contribution in [0.1, 0.15) is 35.0 Å². The number of rotatable bonds is 2. The molecule has 4 nitrogen and oxygen atoms in total. The predicted molar refractivity (Wildman–Crippen MR) is 67.0 cm³/mol. The molecule has 0 saturated carbocycles. The highest BCUT2D eigenvalue weighted by Gasteiger charge is 2.33. The number of alkyl halides is 3. The third-order valence-corrected chi connectivity index (χ3v) is 2.71. The Bertz CT molecular complexity index is 311. The van der Waals surface area contributed by atoms with E-state index in [1.54, 1.807) is 20.8 Å². The van der Waals surface area contributed by atoms with E-state index in [9.17, 15) is 18.0 Å². The summed E-state index contributed by atoms with van der Waals surface area (Å²) >= 11 is 0. The van der Waals surface area contributed by atoms with Gasteiger partial charge in [-0.25, -0.2) is 4.79 Å². The summed E-state index contributed by atoms with van der Waals surface area (Å²) in [5.41, 5.74) is -0.568. The van der Waals surface area contributed by atoms with Crippen LogP contribution in [0.4, 0.5) is 18.0 Å². The SMILES string of the molecule is CC(C)(C)OC(=O)NC1CCN(CC(F)(F)F)CC1.[HH]. The summed E-state index contributed by atoms with van der Waals surface area (Å²) in [5.74, 6) is 0. The number of alkyl carbamates (subject to hydrolysis) is 1. The topological polar surface area (TPSA) is 41.6 Å². The molecule has 114 valence electrons. The first-order chi connectivity index (χ1) is 8.55. The Morgan fingerprint density at radius 3 is 2.26 bits per heavy atom. The van der Waals surface area contributed by atoms with Crippen molar-refractivity contribution >= 4 is 6.09 Å². The van der Waals surface area contributed by atoms with Gasteiger partial charge in [0.15, 0.2) is 0 Å². The highest BCUT2D eigenvalue weighted by atomic mass is 19.4. The van der Waals surface area contributed by atoms with Gasteiger partial charge >= 0.3 is 12.3 Å². The third kappa shape index (κ3) is 7.25. The Morgan fingerprint density at radius 2 is 1.84 bits per heavy atom. The van der Waals surface area contributed by atoms with Crippen molar-refractivity contribution in [2.24, 2.45) is 0 Å². The molecule has 0 aromatic heterocycles. The number of nitrogens with one attached hydrogen (secondary N) is 1. The molecule has 0 aliphatic carbocycles. The van der Waals surface area contributed by atoms with Crippen molar-refractivity contribution in [1.29, 1.82) is 0 Å². The zero-order valence-electron chi connectivity index (χ0n) is 11.5. The summed E-state index contributed by atoms with van der Waals surface area (Å²) in [6, 6.07) is -0.112. The number of ether oxygens (including phenoxy) is 1. The number of carbonyl (C=O) groups excluding carboxylic acids is 1. The maximum atomic E-state index is 12.2. The maximum Gasteiger partial charge on any atom is 0.407 e. The van der Waals surface area contributed by atoms with E-state index >= 15 is 0 Å². The normalized spacial score (nSPS) is 19.3. The molecule has 1 saturated heterocycles. The van der Waals surface area contributed by atoms with Crippen LogP contribution in [0, 0.1) is 0 Å². The second-order valence-corrected chi connectivity index (χ2v) is 5.81. The molecule has 0 radical (unpaired) electrons. The van der Waals surface area contributed by atoms with E-state index in [0.717, 1.165) is 0 Å². The minimum absolute atomic E-state index is 0. The Hall–Kier alpha value is -0.980. The van der Waals surface area contributed by atoms with Crippen molar-refractivity contribution in [3.8, 4) is 0 Å².